The smallest absolute Gasteiger partial charge is 0.137 e. The van der Waals surface area contributed by atoms with E-state index in [1.54, 1.807) is 6.92 Å². The second-order valence-electron chi connectivity index (χ2n) is 9.25. The van der Waals surface area contributed by atoms with Crippen molar-refractivity contribution in [2.45, 2.75) is 46.0 Å². The van der Waals surface area contributed by atoms with Crippen molar-refractivity contribution in [2.24, 2.45) is 11.8 Å². The molecule has 0 radical (unpaired) electrons. The molecule has 3 atom stereocenters. The predicted molar refractivity (Wildman–Crippen MR) is 132 cm³/mol. The molecule has 0 spiro atoms. The summed E-state index contributed by atoms with van der Waals surface area (Å²) in [6, 6.07) is 26.3. The Morgan fingerprint density at radius 3 is 2.29 bits per heavy atom. The Balaban J connectivity index is 1.87. The number of aryl methyl sites for hydroxylation is 1. The number of carbonyl (C=O) groups is 1. The summed E-state index contributed by atoms with van der Waals surface area (Å²) in [7, 11) is 0. The van der Waals surface area contributed by atoms with Gasteiger partial charge in [-0.05, 0) is 81.5 Å². The molecule has 0 bridgehead atoms. The van der Waals surface area contributed by atoms with Crippen LogP contribution in [0.5, 0.6) is 0 Å². The van der Waals surface area contributed by atoms with Crippen molar-refractivity contribution in [3.8, 4) is 11.1 Å². The number of hydrogen-bond donors (Lipinski definition) is 0. The average molecular weight is 407 g/mol. The third kappa shape index (κ3) is 3.28. The van der Waals surface area contributed by atoms with Gasteiger partial charge in [0.15, 0.2) is 0 Å². The van der Waals surface area contributed by atoms with Gasteiger partial charge in [-0.3, -0.25) is 4.79 Å². The van der Waals surface area contributed by atoms with E-state index in [-0.39, 0.29) is 5.92 Å². The van der Waals surface area contributed by atoms with Gasteiger partial charge >= 0.3 is 0 Å². The van der Waals surface area contributed by atoms with Gasteiger partial charge in [0.25, 0.3) is 0 Å². The van der Waals surface area contributed by atoms with Crippen molar-refractivity contribution >= 4 is 27.3 Å². The summed E-state index contributed by atoms with van der Waals surface area (Å²) in [5.41, 5.74) is 5.14. The van der Waals surface area contributed by atoms with Crippen molar-refractivity contribution in [2.75, 3.05) is 0 Å². The van der Waals surface area contributed by atoms with Crippen LogP contribution in [0.3, 0.4) is 0 Å². The lowest BCUT2D eigenvalue weighted by Crippen LogP contribution is -2.30. The number of rotatable bonds is 4. The molecule has 3 unspecified atom stereocenters. The minimum Gasteiger partial charge on any atom is -0.299 e. The summed E-state index contributed by atoms with van der Waals surface area (Å²) in [5.74, 6) is 1.28. The van der Waals surface area contributed by atoms with E-state index < -0.39 is 0 Å². The molecule has 0 aliphatic heterocycles. The van der Waals surface area contributed by atoms with Crippen LogP contribution < -0.4 is 0 Å². The van der Waals surface area contributed by atoms with Crippen molar-refractivity contribution in [1.82, 2.24) is 0 Å². The first kappa shape index (κ1) is 20.0. The number of benzene rings is 4. The maximum Gasteiger partial charge on any atom is 0.137 e. The molecule has 1 aliphatic rings. The van der Waals surface area contributed by atoms with Crippen LogP contribution in [0.1, 0.15) is 50.7 Å². The van der Waals surface area contributed by atoms with Gasteiger partial charge in [-0.15, -0.1) is 0 Å². The number of carbonyl (C=O) groups excluding carboxylic acids is 1. The van der Waals surface area contributed by atoms with Gasteiger partial charge < -0.3 is 0 Å². The standard InChI is InChI=1S/C30H30O/c1-4-19(2)23-16-14-22-15-17-26-24-12-8-9-13-25(24)27(21-10-6-5-7-11-21)18-28(26)30(22)29(23)20(3)31/h5-13,15,17-19,23,29H,4,14,16H2,1-3H3. The third-order valence-electron chi connectivity index (χ3n) is 7.56. The second kappa shape index (κ2) is 7.96. The molecular formula is C30H30O. The molecule has 5 rings (SSSR count). The van der Waals surface area contributed by atoms with Crippen molar-refractivity contribution in [3.05, 3.63) is 83.9 Å². The lowest BCUT2D eigenvalue weighted by atomic mass is 9.66. The van der Waals surface area contributed by atoms with Gasteiger partial charge in [-0.25, -0.2) is 0 Å². The van der Waals surface area contributed by atoms with Crippen molar-refractivity contribution < 1.29 is 4.79 Å². The van der Waals surface area contributed by atoms with Crippen LogP contribution in [-0.4, -0.2) is 5.78 Å². The highest BCUT2D eigenvalue weighted by Crippen LogP contribution is 2.47. The van der Waals surface area contributed by atoms with E-state index in [9.17, 15) is 4.79 Å². The fraction of sp³-hybridized carbons (Fsp3) is 0.300. The van der Waals surface area contributed by atoms with E-state index in [0.717, 1.165) is 19.3 Å². The largest absolute Gasteiger partial charge is 0.299 e. The van der Waals surface area contributed by atoms with Gasteiger partial charge in [0.05, 0.1) is 0 Å². The molecule has 156 valence electrons. The maximum atomic E-state index is 13.1. The maximum absolute atomic E-state index is 13.1. The molecule has 0 amide bonds. The fourth-order valence-electron chi connectivity index (χ4n) is 5.81. The van der Waals surface area contributed by atoms with Crippen LogP contribution in [0.4, 0.5) is 0 Å². The summed E-state index contributed by atoms with van der Waals surface area (Å²) in [4.78, 5) is 13.1. The molecule has 0 heterocycles. The molecule has 0 aromatic heterocycles. The monoisotopic (exact) mass is 406 g/mol. The van der Waals surface area contributed by atoms with Gasteiger partial charge in [0, 0.05) is 5.92 Å². The molecule has 0 fully saturated rings. The molecule has 0 N–H and O–H groups in total. The molecular weight excluding hydrogens is 376 g/mol. The molecule has 1 aliphatic carbocycles. The first-order valence-electron chi connectivity index (χ1n) is 11.6. The van der Waals surface area contributed by atoms with Crippen molar-refractivity contribution in [1.29, 1.82) is 0 Å². The van der Waals surface area contributed by atoms with E-state index in [4.69, 9.17) is 0 Å². The molecule has 1 heteroatoms. The Morgan fingerprint density at radius 1 is 0.903 bits per heavy atom. The van der Waals surface area contributed by atoms with E-state index in [0.29, 0.717) is 17.6 Å². The quantitative estimate of drug-likeness (QED) is 0.314. The third-order valence-corrected chi connectivity index (χ3v) is 7.56. The van der Waals surface area contributed by atoms with Gasteiger partial charge in [0.2, 0.25) is 0 Å². The normalized spacial score (nSPS) is 19.3. The average Bonchev–Trinajstić information content (AvgIpc) is 2.82. The SMILES string of the molecule is CCC(C)C1CCc2ccc3c(cc(-c4ccccc4)c4ccccc43)c2C1C(C)=O. The predicted octanol–water partition coefficient (Wildman–Crippen LogP) is 7.94. The zero-order valence-electron chi connectivity index (χ0n) is 18.7. The minimum absolute atomic E-state index is 0.00724. The van der Waals surface area contributed by atoms with Gasteiger partial charge in [0.1, 0.15) is 5.78 Å². The Bertz CT molecular complexity index is 1270. The van der Waals surface area contributed by atoms with E-state index in [1.807, 2.05) is 0 Å². The van der Waals surface area contributed by atoms with E-state index >= 15 is 0 Å². The Morgan fingerprint density at radius 2 is 1.58 bits per heavy atom. The number of Topliss-reactive ketones (excluding diaryl/α,β-unsaturated/α-hetero) is 1. The topological polar surface area (TPSA) is 17.1 Å². The summed E-state index contributed by atoms with van der Waals surface area (Å²) < 4.78 is 0. The van der Waals surface area contributed by atoms with Crippen LogP contribution in [0.15, 0.2) is 72.8 Å². The Labute approximate surface area is 185 Å². The first-order valence-corrected chi connectivity index (χ1v) is 11.6. The molecule has 0 saturated heterocycles. The number of hydrogen-bond acceptors (Lipinski definition) is 1. The van der Waals surface area contributed by atoms with Gasteiger partial charge in [-0.1, -0.05) is 87.0 Å². The highest BCUT2D eigenvalue weighted by Gasteiger charge is 2.36. The molecule has 4 aromatic carbocycles. The molecule has 4 aromatic rings. The van der Waals surface area contributed by atoms with E-state index in [1.165, 1.54) is 43.8 Å². The lowest BCUT2D eigenvalue weighted by molar-refractivity contribution is -0.120. The summed E-state index contributed by atoms with van der Waals surface area (Å²) in [5, 5.41) is 5.08. The van der Waals surface area contributed by atoms with Crippen LogP contribution in [-0.2, 0) is 11.2 Å². The molecule has 0 saturated carbocycles. The Kier molecular flexibility index (Phi) is 5.14. The van der Waals surface area contributed by atoms with Crippen LogP contribution in [0.2, 0.25) is 0 Å². The highest BCUT2D eigenvalue weighted by molar-refractivity contribution is 6.15. The highest BCUT2D eigenvalue weighted by atomic mass is 16.1. The number of ketones is 1. The zero-order chi connectivity index (χ0) is 21.5. The molecule has 31 heavy (non-hydrogen) atoms. The summed E-state index contributed by atoms with van der Waals surface area (Å²) in [6.45, 7) is 6.37. The van der Waals surface area contributed by atoms with Crippen LogP contribution in [0, 0.1) is 11.8 Å². The fourth-order valence-corrected chi connectivity index (χ4v) is 5.81. The van der Waals surface area contributed by atoms with E-state index in [2.05, 4.69) is 86.6 Å². The molecule has 1 nitrogen and oxygen atoms in total. The number of fused-ring (bicyclic) bond motifs is 5. The summed E-state index contributed by atoms with van der Waals surface area (Å²) >= 11 is 0. The van der Waals surface area contributed by atoms with Crippen LogP contribution >= 0.6 is 0 Å². The Hall–Kier alpha value is -2.93. The first-order chi connectivity index (χ1) is 15.1. The van der Waals surface area contributed by atoms with Crippen molar-refractivity contribution in [3.63, 3.8) is 0 Å². The summed E-state index contributed by atoms with van der Waals surface area (Å²) in [6.07, 6.45) is 3.29. The van der Waals surface area contributed by atoms with Gasteiger partial charge in [-0.2, -0.15) is 0 Å². The van der Waals surface area contributed by atoms with Crippen LogP contribution in [0.25, 0.3) is 32.7 Å². The lowest BCUT2D eigenvalue weighted by Gasteiger charge is -2.37. The second-order valence-corrected chi connectivity index (χ2v) is 9.25. The minimum atomic E-state index is -0.00724. The zero-order valence-corrected chi connectivity index (χ0v) is 18.7.